The van der Waals surface area contributed by atoms with Gasteiger partial charge in [0.15, 0.2) is 0 Å². The van der Waals surface area contributed by atoms with E-state index < -0.39 is 8.07 Å². The van der Waals surface area contributed by atoms with E-state index in [-0.39, 0.29) is 0 Å². The van der Waals surface area contributed by atoms with Crippen LogP contribution in [0.25, 0.3) is 0 Å². The molecule has 0 amide bonds. The van der Waals surface area contributed by atoms with Gasteiger partial charge in [0.2, 0.25) is 0 Å². The Balaban J connectivity index is 2.41. The minimum Gasteiger partial charge on any atom is -0.0760 e. The van der Waals surface area contributed by atoms with Crippen molar-refractivity contribution in [1.82, 2.24) is 0 Å². The Morgan fingerprint density at radius 1 is 0.941 bits per heavy atom. The van der Waals surface area contributed by atoms with E-state index in [4.69, 9.17) is 0 Å². The van der Waals surface area contributed by atoms with E-state index in [0.717, 1.165) is 0 Å². The predicted molar refractivity (Wildman–Crippen MR) is 79.3 cm³/mol. The van der Waals surface area contributed by atoms with Crippen LogP contribution in [0.1, 0.15) is 33.6 Å². The zero-order valence-electron chi connectivity index (χ0n) is 11.8. The van der Waals surface area contributed by atoms with Crippen LogP contribution in [0.5, 0.6) is 0 Å². The van der Waals surface area contributed by atoms with Gasteiger partial charge in [0, 0.05) is 0 Å². The fourth-order valence-corrected chi connectivity index (χ4v) is 6.30. The second-order valence-corrected chi connectivity index (χ2v) is 11.1. The van der Waals surface area contributed by atoms with Gasteiger partial charge in [-0.1, -0.05) is 80.2 Å². The summed E-state index contributed by atoms with van der Waals surface area (Å²) in [4.78, 5) is 0. The monoisotopic (exact) mass is 244 g/mol. The molecule has 1 aliphatic rings. The first-order valence-corrected chi connectivity index (χ1v) is 9.62. The van der Waals surface area contributed by atoms with E-state index in [0.29, 0.717) is 5.41 Å². The second-order valence-electron chi connectivity index (χ2n) is 6.70. The topological polar surface area (TPSA) is 0 Å². The smallest absolute Gasteiger partial charge is 0.0760 e. The highest BCUT2D eigenvalue weighted by Crippen LogP contribution is 2.44. The second kappa shape index (κ2) is 4.13. The molecule has 0 aromatic heterocycles. The van der Waals surface area contributed by atoms with Crippen molar-refractivity contribution in [2.75, 3.05) is 0 Å². The zero-order chi connectivity index (χ0) is 12.7. The summed E-state index contributed by atoms with van der Waals surface area (Å²) in [6.07, 6.45) is 2.66. The predicted octanol–water partition coefficient (Wildman–Crippen LogP) is 4.28. The van der Waals surface area contributed by atoms with E-state index >= 15 is 0 Å². The first-order valence-electron chi connectivity index (χ1n) is 6.62. The summed E-state index contributed by atoms with van der Waals surface area (Å²) in [5.41, 5.74) is 2.10. The Kier molecular flexibility index (Phi) is 3.07. The van der Waals surface area contributed by atoms with Crippen molar-refractivity contribution >= 4 is 13.3 Å². The molecular weight excluding hydrogens is 220 g/mol. The molecule has 0 N–H and O–H groups in total. The van der Waals surface area contributed by atoms with Crippen molar-refractivity contribution in [3.05, 3.63) is 41.1 Å². The molecule has 0 nitrogen and oxygen atoms in total. The lowest BCUT2D eigenvalue weighted by Crippen LogP contribution is -2.47. The van der Waals surface area contributed by atoms with Crippen molar-refractivity contribution in [2.45, 2.75) is 46.7 Å². The number of hydrogen-bond acceptors (Lipinski definition) is 0. The van der Waals surface area contributed by atoms with Crippen molar-refractivity contribution in [3.63, 3.8) is 0 Å². The standard InChI is InChI=1S/C16H24Si/c1-16(2,3)14-11-12-15(14)17(4,5)13-9-7-6-8-10-13/h6-10H,11-12H2,1-5H3. The summed E-state index contributed by atoms with van der Waals surface area (Å²) >= 11 is 0. The molecule has 0 spiro atoms. The van der Waals surface area contributed by atoms with Gasteiger partial charge in [0.25, 0.3) is 0 Å². The molecule has 1 aromatic carbocycles. The maximum absolute atomic E-state index is 2.50. The molecule has 17 heavy (non-hydrogen) atoms. The molecule has 2 rings (SSSR count). The fourth-order valence-electron chi connectivity index (χ4n) is 2.92. The van der Waals surface area contributed by atoms with Gasteiger partial charge in [-0.05, 0) is 18.3 Å². The molecule has 1 aliphatic carbocycles. The van der Waals surface area contributed by atoms with E-state index in [1.165, 1.54) is 12.8 Å². The maximum Gasteiger partial charge on any atom is 0.107 e. The highest BCUT2D eigenvalue weighted by Gasteiger charge is 2.38. The Bertz CT molecular complexity index is 432. The molecule has 0 atom stereocenters. The van der Waals surface area contributed by atoms with Gasteiger partial charge in [0.05, 0.1) is 0 Å². The molecule has 1 aromatic rings. The summed E-state index contributed by atoms with van der Waals surface area (Å²) in [6.45, 7) is 12.1. The lowest BCUT2D eigenvalue weighted by atomic mass is 9.77. The van der Waals surface area contributed by atoms with Crippen LogP contribution < -0.4 is 5.19 Å². The summed E-state index contributed by atoms with van der Waals surface area (Å²) in [6, 6.07) is 11.1. The van der Waals surface area contributed by atoms with Crippen molar-refractivity contribution < 1.29 is 0 Å². The Morgan fingerprint density at radius 3 is 1.94 bits per heavy atom. The average molecular weight is 244 g/mol. The third-order valence-electron chi connectivity index (χ3n) is 4.14. The minimum absolute atomic E-state index is 0.368. The van der Waals surface area contributed by atoms with Gasteiger partial charge in [-0.25, -0.2) is 0 Å². The lowest BCUT2D eigenvalue weighted by Gasteiger charge is -2.41. The Morgan fingerprint density at radius 2 is 1.53 bits per heavy atom. The molecule has 0 saturated carbocycles. The normalized spacial score (nSPS) is 17.0. The molecule has 1 heteroatoms. The van der Waals surface area contributed by atoms with Crippen LogP contribution in [0.4, 0.5) is 0 Å². The van der Waals surface area contributed by atoms with E-state index in [1.807, 2.05) is 0 Å². The van der Waals surface area contributed by atoms with Gasteiger partial charge in [-0.2, -0.15) is 0 Å². The maximum atomic E-state index is 2.50. The molecular formula is C16H24Si. The highest BCUT2D eigenvalue weighted by atomic mass is 28.3. The average Bonchev–Trinajstić information content (AvgIpc) is 2.13. The Hall–Kier alpha value is -0.823. The van der Waals surface area contributed by atoms with Gasteiger partial charge in [-0.3, -0.25) is 0 Å². The molecule has 0 saturated heterocycles. The summed E-state index contributed by atoms with van der Waals surface area (Å²) in [7, 11) is -1.39. The summed E-state index contributed by atoms with van der Waals surface area (Å²) < 4.78 is 0. The number of allylic oxidation sites excluding steroid dienone is 2. The van der Waals surface area contributed by atoms with Crippen LogP contribution in [0, 0.1) is 5.41 Å². The van der Waals surface area contributed by atoms with E-state index in [2.05, 4.69) is 64.2 Å². The molecule has 0 radical (unpaired) electrons. The van der Waals surface area contributed by atoms with Crippen molar-refractivity contribution in [3.8, 4) is 0 Å². The molecule has 0 aliphatic heterocycles. The van der Waals surface area contributed by atoms with Gasteiger partial charge >= 0.3 is 0 Å². The van der Waals surface area contributed by atoms with Gasteiger partial charge in [0.1, 0.15) is 8.07 Å². The van der Waals surface area contributed by atoms with Crippen LogP contribution in [0.15, 0.2) is 41.1 Å². The summed E-state index contributed by atoms with van der Waals surface area (Å²) in [5.74, 6) is 0. The largest absolute Gasteiger partial charge is 0.107 e. The van der Waals surface area contributed by atoms with Crippen LogP contribution in [0.3, 0.4) is 0 Å². The number of benzene rings is 1. The highest BCUT2D eigenvalue weighted by molar-refractivity contribution is 6.96. The fraction of sp³-hybridized carbons (Fsp3) is 0.500. The minimum atomic E-state index is -1.39. The lowest BCUT2D eigenvalue weighted by molar-refractivity contribution is 0.455. The van der Waals surface area contributed by atoms with Gasteiger partial charge < -0.3 is 0 Å². The molecule has 92 valence electrons. The van der Waals surface area contributed by atoms with Crippen molar-refractivity contribution in [2.24, 2.45) is 5.41 Å². The van der Waals surface area contributed by atoms with Crippen LogP contribution >= 0.6 is 0 Å². The van der Waals surface area contributed by atoms with Crippen LogP contribution in [-0.2, 0) is 0 Å². The first kappa shape index (κ1) is 12.6. The number of rotatable bonds is 2. The van der Waals surface area contributed by atoms with Crippen LogP contribution in [-0.4, -0.2) is 8.07 Å². The van der Waals surface area contributed by atoms with E-state index in [9.17, 15) is 0 Å². The molecule has 0 unspecified atom stereocenters. The molecule has 0 heterocycles. The van der Waals surface area contributed by atoms with E-state index in [1.54, 1.807) is 16.0 Å². The zero-order valence-corrected chi connectivity index (χ0v) is 12.8. The van der Waals surface area contributed by atoms with Crippen molar-refractivity contribution in [1.29, 1.82) is 0 Å². The SMILES string of the molecule is CC(C)(C)C1=C([Si](C)(C)c2ccccc2)CC1. The molecule has 0 bridgehead atoms. The first-order chi connectivity index (χ1) is 7.83. The third-order valence-corrected chi connectivity index (χ3v) is 7.98. The third kappa shape index (κ3) is 2.26. The molecule has 0 fully saturated rings. The Labute approximate surface area is 107 Å². The van der Waals surface area contributed by atoms with Gasteiger partial charge in [-0.15, -0.1) is 0 Å². The van der Waals surface area contributed by atoms with Crippen LogP contribution in [0.2, 0.25) is 13.1 Å². The summed E-state index contributed by atoms with van der Waals surface area (Å²) in [5, 5.41) is 3.38. The quantitative estimate of drug-likeness (QED) is 0.681. The number of hydrogen-bond donors (Lipinski definition) is 0.